The Morgan fingerprint density at radius 2 is 0.977 bits per heavy atom. The maximum absolute atomic E-state index is 5.27. The third kappa shape index (κ3) is 3.49. The molecule has 0 aromatic heterocycles. The van der Waals surface area contributed by atoms with Crippen LogP contribution >= 0.6 is 0 Å². The number of benzene rings is 6. The quantitative estimate of drug-likeness (QED) is 0.231. The number of rotatable bonds is 3. The van der Waals surface area contributed by atoms with Crippen LogP contribution in [0.15, 0.2) is 157 Å². The maximum Gasteiger partial charge on any atom is 0.131 e. The van der Waals surface area contributed by atoms with Gasteiger partial charge in [-0.25, -0.2) is 4.99 Å². The summed E-state index contributed by atoms with van der Waals surface area (Å²) in [5.74, 6) is 0.897. The van der Waals surface area contributed by atoms with Crippen LogP contribution in [0, 0.1) is 0 Å². The second kappa shape index (κ2) is 9.38. The van der Waals surface area contributed by atoms with E-state index in [2.05, 4.69) is 156 Å². The van der Waals surface area contributed by atoms with Crippen molar-refractivity contribution in [2.75, 3.05) is 0 Å². The van der Waals surface area contributed by atoms with Crippen LogP contribution in [0.25, 0.3) is 22.3 Å². The van der Waals surface area contributed by atoms with Gasteiger partial charge in [0.25, 0.3) is 0 Å². The maximum atomic E-state index is 5.27. The van der Waals surface area contributed by atoms with Gasteiger partial charge in [0.05, 0.1) is 5.41 Å². The Hall–Kier alpha value is -5.25. The highest BCUT2D eigenvalue weighted by molar-refractivity contribution is 5.99. The van der Waals surface area contributed by atoms with Crippen molar-refractivity contribution in [1.29, 1.82) is 0 Å². The first-order chi connectivity index (χ1) is 21.3. The van der Waals surface area contributed by atoms with Gasteiger partial charge in [-0.2, -0.15) is 0 Å². The lowest BCUT2D eigenvalue weighted by atomic mass is 9.70. The largest absolute Gasteiger partial charge is 0.350 e. The van der Waals surface area contributed by atoms with Gasteiger partial charge in [-0.05, 0) is 55.6 Å². The predicted molar refractivity (Wildman–Crippen MR) is 174 cm³/mol. The summed E-state index contributed by atoms with van der Waals surface area (Å²) in [7, 11) is 0. The average Bonchev–Trinajstić information content (AvgIpc) is 3.56. The van der Waals surface area contributed by atoms with Crippen molar-refractivity contribution in [3.63, 3.8) is 0 Å². The number of fused-ring (bicyclic) bond motifs is 10. The van der Waals surface area contributed by atoms with Crippen molar-refractivity contribution in [1.82, 2.24) is 10.6 Å². The molecule has 2 unspecified atom stereocenters. The summed E-state index contributed by atoms with van der Waals surface area (Å²) in [4.78, 5) is 5.27. The Labute approximate surface area is 251 Å². The summed E-state index contributed by atoms with van der Waals surface area (Å²) in [5, 5.41) is 7.48. The molecule has 1 heterocycles. The van der Waals surface area contributed by atoms with Crippen LogP contribution in [0.1, 0.15) is 51.3 Å². The van der Waals surface area contributed by atoms with Gasteiger partial charge in [0.2, 0.25) is 0 Å². The van der Waals surface area contributed by atoms with Gasteiger partial charge in [0.1, 0.15) is 18.2 Å². The first-order valence-electron chi connectivity index (χ1n) is 15.0. The Bertz CT molecular complexity index is 1980. The summed E-state index contributed by atoms with van der Waals surface area (Å²) >= 11 is 0. The van der Waals surface area contributed by atoms with Crippen molar-refractivity contribution in [3.05, 3.63) is 191 Å². The molecule has 0 radical (unpaired) electrons. The predicted octanol–water partition coefficient (Wildman–Crippen LogP) is 8.37. The second-order valence-electron chi connectivity index (χ2n) is 11.6. The first kappa shape index (κ1) is 24.4. The normalized spacial score (nSPS) is 18.7. The molecular weight excluding hydrogens is 522 g/mol. The van der Waals surface area contributed by atoms with Crippen molar-refractivity contribution in [3.8, 4) is 22.3 Å². The summed E-state index contributed by atoms with van der Waals surface area (Å²) in [6.07, 6.45) is -0.300. The SMILES string of the molecule is c1ccc(C2=NC(c3ccc4c(c3)C3(c5ccccc5-c5ccccc53)c3ccccc3-4)NC(c3ccccc3)N2)cc1. The highest BCUT2D eigenvalue weighted by Gasteiger charge is 2.51. The van der Waals surface area contributed by atoms with Crippen LogP contribution in [-0.4, -0.2) is 5.84 Å². The topological polar surface area (TPSA) is 36.4 Å². The fourth-order valence-electron chi connectivity index (χ4n) is 7.57. The van der Waals surface area contributed by atoms with E-state index in [1.807, 2.05) is 6.07 Å². The van der Waals surface area contributed by atoms with Crippen LogP contribution in [0.4, 0.5) is 0 Å². The molecule has 43 heavy (non-hydrogen) atoms. The lowest BCUT2D eigenvalue weighted by Crippen LogP contribution is -2.45. The number of hydrogen-bond acceptors (Lipinski definition) is 3. The van der Waals surface area contributed by atoms with Crippen LogP contribution in [0.3, 0.4) is 0 Å². The van der Waals surface area contributed by atoms with E-state index in [-0.39, 0.29) is 17.7 Å². The third-order valence-electron chi connectivity index (χ3n) is 9.38. The molecule has 6 aromatic rings. The van der Waals surface area contributed by atoms with E-state index in [9.17, 15) is 0 Å². The first-order valence-corrected chi connectivity index (χ1v) is 15.0. The summed E-state index contributed by atoms with van der Waals surface area (Å²) < 4.78 is 0. The van der Waals surface area contributed by atoms with E-state index in [0.717, 1.165) is 17.0 Å². The fraction of sp³-hybridized carbons (Fsp3) is 0.0750. The smallest absolute Gasteiger partial charge is 0.131 e. The van der Waals surface area contributed by atoms with Gasteiger partial charge in [0.15, 0.2) is 0 Å². The Balaban J connectivity index is 1.26. The van der Waals surface area contributed by atoms with Crippen LogP contribution in [-0.2, 0) is 5.41 Å². The van der Waals surface area contributed by atoms with Crippen molar-refractivity contribution >= 4 is 5.84 Å². The molecule has 2 aliphatic carbocycles. The van der Waals surface area contributed by atoms with Gasteiger partial charge in [0, 0.05) is 5.56 Å². The summed E-state index contributed by atoms with van der Waals surface area (Å²) in [6.45, 7) is 0. The van der Waals surface area contributed by atoms with Gasteiger partial charge in [-0.3, -0.25) is 5.32 Å². The van der Waals surface area contributed by atoms with E-state index in [4.69, 9.17) is 4.99 Å². The molecule has 204 valence electrons. The highest BCUT2D eigenvalue weighted by atomic mass is 15.3. The molecule has 2 atom stereocenters. The van der Waals surface area contributed by atoms with E-state index < -0.39 is 0 Å². The molecule has 3 heteroatoms. The van der Waals surface area contributed by atoms with Crippen molar-refractivity contribution < 1.29 is 0 Å². The lowest BCUT2D eigenvalue weighted by molar-refractivity contribution is 0.408. The molecule has 3 aliphatic rings. The molecule has 3 nitrogen and oxygen atoms in total. The van der Waals surface area contributed by atoms with Crippen LogP contribution in [0.5, 0.6) is 0 Å². The van der Waals surface area contributed by atoms with Gasteiger partial charge >= 0.3 is 0 Å². The second-order valence-corrected chi connectivity index (χ2v) is 11.6. The number of aliphatic imine (C=N–C) groups is 1. The summed E-state index contributed by atoms with van der Waals surface area (Å²) in [5.41, 5.74) is 13.7. The average molecular weight is 552 g/mol. The number of hydrogen-bond donors (Lipinski definition) is 2. The molecular formula is C40H29N3. The van der Waals surface area contributed by atoms with E-state index in [1.165, 1.54) is 50.1 Å². The minimum absolute atomic E-state index is 0.0775. The zero-order valence-electron chi connectivity index (χ0n) is 23.5. The molecule has 9 rings (SSSR count). The third-order valence-corrected chi connectivity index (χ3v) is 9.38. The Morgan fingerprint density at radius 1 is 0.465 bits per heavy atom. The Morgan fingerprint density at radius 3 is 1.58 bits per heavy atom. The molecule has 0 amide bonds. The zero-order valence-corrected chi connectivity index (χ0v) is 23.5. The Kier molecular flexibility index (Phi) is 5.32. The molecule has 0 saturated heterocycles. The molecule has 0 fully saturated rings. The minimum Gasteiger partial charge on any atom is -0.350 e. The highest BCUT2D eigenvalue weighted by Crippen LogP contribution is 2.62. The van der Waals surface area contributed by atoms with E-state index in [1.54, 1.807) is 0 Å². The molecule has 1 spiro atoms. The van der Waals surface area contributed by atoms with Gasteiger partial charge < -0.3 is 5.32 Å². The van der Waals surface area contributed by atoms with Gasteiger partial charge in [-0.15, -0.1) is 0 Å². The molecule has 6 aromatic carbocycles. The number of nitrogens with zero attached hydrogens (tertiary/aromatic N) is 1. The number of nitrogens with one attached hydrogen (secondary N) is 2. The number of amidine groups is 1. The fourth-order valence-corrected chi connectivity index (χ4v) is 7.57. The van der Waals surface area contributed by atoms with Gasteiger partial charge in [-0.1, -0.05) is 152 Å². The molecule has 2 N–H and O–H groups in total. The zero-order chi connectivity index (χ0) is 28.4. The van der Waals surface area contributed by atoms with Crippen LogP contribution < -0.4 is 10.6 Å². The monoisotopic (exact) mass is 551 g/mol. The van der Waals surface area contributed by atoms with Crippen molar-refractivity contribution in [2.24, 2.45) is 4.99 Å². The van der Waals surface area contributed by atoms with Crippen LogP contribution in [0.2, 0.25) is 0 Å². The molecule has 0 saturated carbocycles. The standard InChI is InChI=1S/C40H29N3/c1-3-13-26(14-4-1)37-41-38(27-15-5-2-6-16-27)43-39(42-37)28-23-24-32-31-19-9-12-22-35(31)40(36(32)25-28)33-20-10-7-17-29(33)30-18-8-11-21-34(30)40/h1-25,37,39,42H,(H,41,43). The summed E-state index contributed by atoms with van der Waals surface area (Å²) in [6, 6.07) is 54.9. The minimum atomic E-state index is -0.368. The van der Waals surface area contributed by atoms with E-state index >= 15 is 0 Å². The molecule has 1 aliphatic heterocycles. The molecule has 0 bridgehead atoms. The van der Waals surface area contributed by atoms with E-state index in [0.29, 0.717) is 0 Å². The van der Waals surface area contributed by atoms with Crippen molar-refractivity contribution in [2.45, 2.75) is 17.7 Å². The lowest BCUT2D eigenvalue weighted by Gasteiger charge is -2.33.